The van der Waals surface area contributed by atoms with Crippen molar-refractivity contribution in [3.8, 4) is 5.75 Å². The molecule has 1 rings (SSSR count). The van der Waals surface area contributed by atoms with Gasteiger partial charge in [-0.25, -0.2) is 0 Å². The van der Waals surface area contributed by atoms with Gasteiger partial charge in [0.2, 0.25) is 0 Å². The lowest BCUT2D eigenvalue weighted by Crippen LogP contribution is -2.20. The van der Waals surface area contributed by atoms with E-state index < -0.39 is 0 Å². The van der Waals surface area contributed by atoms with E-state index in [4.69, 9.17) is 4.74 Å². The first-order chi connectivity index (χ1) is 8.58. The summed E-state index contributed by atoms with van der Waals surface area (Å²) < 4.78 is 5.88. The molecule has 0 amide bonds. The topological polar surface area (TPSA) is 21.3 Å². The van der Waals surface area contributed by atoms with E-state index >= 15 is 0 Å². The van der Waals surface area contributed by atoms with Gasteiger partial charge < -0.3 is 10.1 Å². The average molecular weight is 249 g/mol. The Kier molecular flexibility index (Phi) is 6.20. The highest BCUT2D eigenvalue weighted by molar-refractivity contribution is 5.29. The van der Waals surface area contributed by atoms with Crippen molar-refractivity contribution < 1.29 is 4.74 Å². The van der Waals surface area contributed by atoms with Gasteiger partial charge >= 0.3 is 0 Å². The van der Waals surface area contributed by atoms with Crippen molar-refractivity contribution in [2.75, 3.05) is 6.54 Å². The molecule has 1 aromatic rings. The highest BCUT2D eigenvalue weighted by atomic mass is 16.5. The standard InChI is InChI=1S/C16H27NO/c1-6-16(17-7-2)14-8-10-15(11-9-14)18-13(5)12(3)4/h8-13,16-17H,6-7H2,1-5H3. The largest absolute Gasteiger partial charge is 0.490 e. The van der Waals surface area contributed by atoms with Crippen LogP contribution in [0.15, 0.2) is 24.3 Å². The van der Waals surface area contributed by atoms with Crippen LogP contribution >= 0.6 is 0 Å². The van der Waals surface area contributed by atoms with Crippen LogP contribution in [0.2, 0.25) is 0 Å². The maximum absolute atomic E-state index is 5.88. The highest BCUT2D eigenvalue weighted by Gasteiger charge is 2.10. The summed E-state index contributed by atoms with van der Waals surface area (Å²) in [4.78, 5) is 0. The lowest BCUT2D eigenvalue weighted by Gasteiger charge is -2.20. The first-order valence-electron chi connectivity index (χ1n) is 7.08. The number of hydrogen-bond donors (Lipinski definition) is 1. The molecule has 0 aliphatic heterocycles. The predicted octanol–water partition coefficient (Wildman–Crippen LogP) is 4.17. The second-order valence-corrected chi connectivity index (χ2v) is 5.15. The molecule has 18 heavy (non-hydrogen) atoms. The summed E-state index contributed by atoms with van der Waals surface area (Å²) in [5, 5.41) is 3.49. The maximum Gasteiger partial charge on any atom is 0.119 e. The average Bonchev–Trinajstić information content (AvgIpc) is 2.37. The second kappa shape index (κ2) is 7.42. The van der Waals surface area contributed by atoms with Gasteiger partial charge in [-0.3, -0.25) is 0 Å². The van der Waals surface area contributed by atoms with Gasteiger partial charge in [-0.2, -0.15) is 0 Å². The van der Waals surface area contributed by atoms with Gasteiger partial charge in [-0.15, -0.1) is 0 Å². The van der Waals surface area contributed by atoms with Crippen LogP contribution in [0.1, 0.15) is 52.6 Å². The molecule has 0 heterocycles. The Hall–Kier alpha value is -1.02. The smallest absolute Gasteiger partial charge is 0.119 e. The molecule has 0 saturated carbocycles. The number of nitrogens with one attached hydrogen (secondary N) is 1. The van der Waals surface area contributed by atoms with Crippen molar-refractivity contribution in [1.29, 1.82) is 0 Å². The van der Waals surface area contributed by atoms with Gasteiger partial charge in [-0.05, 0) is 43.5 Å². The van der Waals surface area contributed by atoms with Crippen molar-refractivity contribution in [3.05, 3.63) is 29.8 Å². The molecular formula is C16H27NO. The molecule has 102 valence electrons. The Labute approximate surface area is 112 Å². The lowest BCUT2D eigenvalue weighted by molar-refractivity contribution is 0.170. The van der Waals surface area contributed by atoms with Crippen LogP contribution < -0.4 is 10.1 Å². The number of hydrogen-bond acceptors (Lipinski definition) is 2. The molecule has 0 fully saturated rings. The lowest BCUT2D eigenvalue weighted by atomic mass is 10.0. The summed E-state index contributed by atoms with van der Waals surface area (Å²) in [6.45, 7) is 11.8. The summed E-state index contributed by atoms with van der Waals surface area (Å²) in [7, 11) is 0. The van der Waals surface area contributed by atoms with Crippen molar-refractivity contribution in [3.63, 3.8) is 0 Å². The van der Waals surface area contributed by atoms with E-state index in [0.29, 0.717) is 12.0 Å². The van der Waals surface area contributed by atoms with E-state index in [2.05, 4.69) is 64.2 Å². The minimum Gasteiger partial charge on any atom is -0.490 e. The Morgan fingerprint density at radius 1 is 1.06 bits per heavy atom. The molecule has 1 N–H and O–H groups in total. The van der Waals surface area contributed by atoms with Gasteiger partial charge in [0.25, 0.3) is 0 Å². The maximum atomic E-state index is 5.88. The van der Waals surface area contributed by atoms with E-state index in [1.165, 1.54) is 5.56 Å². The number of benzene rings is 1. The Morgan fingerprint density at radius 2 is 1.67 bits per heavy atom. The molecular weight excluding hydrogens is 222 g/mol. The zero-order valence-electron chi connectivity index (χ0n) is 12.4. The van der Waals surface area contributed by atoms with Crippen LogP contribution in [0.3, 0.4) is 0 Å². The Bertz CT molecular complexity index is 331. The minimum absolute atomic E-state index is 0.256. The molecule has 1 aromatic carbocycles. The molecule has 0 aliphatic carbocycles. The molecule has 2 atom stereocenters. The molecule has 0 bridgehead atoms. The third kappa shape index (κ3) is 4.34. The molecule has 0 spiro atoms. The van der Waals surface area contributed by atoms with Crippen LogP contribution in [-0.2, 0) is 0 Å². The highest BCUT2D eigenvalue weighted by Crippen LogP contribution is 2.21. The molecule has 2 unspecified atom stereocenters. The number of ether oxygens (including phenoxy) is 1. The van der Waals surface area contributed by atoms with Crippen molar-refractivity contribution in [1.82, 2.24) is 5.32 Å². The fraction of sp³-hybridized carbons (Fsp3) is 0.625. The van der Waals surface area contributed by atoms with Gasteiger partial charge in [0.1, 0.15) is 5.75 Å². The normalized spacial score (nSPS) is 14.6. The fourth-order valence-corrected chi connectivity index (χ4v) is 1.87. The Balaban J connectivity index is 2.67. The van der Waals surface area contributed by atoms with Crippen LogP contribution in [0, 0.1) is 5.92 Å². The first kappa shape index (κ1) is 15.0. The van der Waals surface area contributed by atoms with Crippen LogP contribution in [0.4, 0.5) is 0 Å². The first-order valence-corrected chi connectivity index (χ1v) is 7.08. The summed E-state index contributed by atoms with van der Waals surface area (Å²) >= 11 is 0. The summed E-state index contributed by atoms with van der Waals surface area (Å²) in [6.07, 6.45) is 1.36. The van der Waals surface area contributed by atoms with Gasteiger partial charge in [-0.1, -0.05) is 39.8 Å². The quantitative estimate of drug-likeness (QED) is 0.783. The molecule has 0 aliphatic rings. The minimum atomic E-state index is 0.256. The molecule has 2 nitrogen and oxygen atoms in total. The van der Waals surface area contributed by atoms with Crippen molar-refractivity contribution in [2.24, 2.45) is 5.92 Å². The SMILES string of the molecule is CCNC(CC)c1ccc(OC(C)C(C)C)cc1. The van der Waals surface area contributed by atoms with Crippen LogP contribution in [-0.4, -0.2) is 12.6 Å². The zero-order valence-corrected chi connectivity index (χ0v) is 12.4. The van der Waals surface area contributed by atoms with Gasteiger partial charge in [0.05, 0.1) is 6.10 Å². The summed E-state index contributed by atoms with van der Waals surface area (Å²) in [5.74, 6) is 1.50. The van der Waals surface area contributed by atoms with E-state index in [1.807, 2.05) is 0 Å². The van der Waals surface area contributed by atoms with Crippen molar-refractivity contribution >= 4 is 0 Å². The molecule has 0 saturated heterocycles. The monoisotopic (exact) mass is 249 g/mol. The third-order valence-electron chi connectivity index (χ3n) is 3.40. The number of rotatable bonds is 7. The van der Waals surface area contributed by atoms with Crippen molar-refractivity contribution in [2.45, 2.75) is 53.2 Å². The molecule has 0 aromatic heterocycles. The second-order valence-electron chi connectivity index (χ2n) is 5.15. The van der Waals surface area contributed by atoms with Gasteiger partial charge in [0, 0.05) is 6.04 Å². The van der Waals surface area contributed by atoms with Crippen LogP contribution in [0.25, 0.3) is 0 Å². The zero-order chi connectivity index (χ0) is 13.5. The van der Waals surface area contributed by atoms with E-state index in [1.54, 1.807) is 0 Å². The van der Waals surface area contributed by atoms with Crippen LogP contribution in [0.5, 0.6) is 5.75 Å². The summed E-state index contributed by atoms with van der Waals surface area (Å²) in [6, 6.07) is 8.94. The van der Waals surface area contributed by atoms with E-state index in [0.717, 1.165) is 18.7 Å². The van der Waals surface area contributed by atoms with E-state index in [-0.39, 0.29) is 6.10 Å². The Morgan fingerprint density at radius 3 is 2.11 bits per heavy atom. The predicted molar refractivity (Wildman–Crippen MR) is 78.1 cm³/mol. The van der Waals surface area contributed by atoms with E-state index in [9.17, 15) is 0 Å². The molecule has 0 radical (unpaired) electrons. The third-order valence-corrected chi connectivity index (χ3v) is 3.40. The fourth-order valence-electron chi connectivity index (χ4n) is 1.87. The summed E-state index contributed by atoms with van der Waals surface area (Å²) in [5.41, 5.74) is 1.34. The van der Waals surface area contributed by atoms with Gasteiger partial charge in [0.15, 0.2) is 0 Å². The molecule has 2 heteroatoms.